The monoisotopic (exact) mass is 737 g/mol. The van der Waals surface area contributed by atoms with Crippen LogP contribution in [0.1, 0.15) is 48.8 Å². The van der Waals surface area contributed by atoms with E-state index in [1.165, 1.54) is 16.7 Å². The second-order valence-electron chi connectivity index (χ2n) is 12.3. The molecule has 0 aliphatic heterocycles. The zero-order valence-electron chi connectivity index (χ0n) is 27.6. The van der Waals surface area contributed by atoms with Gasteiger partial charge in [-0.25, -0.2) is 8.42 Å². The molecule has 1 fully saturated rings. The minimum Gasteiger partial charge on any atom is -0.352 e. The molecule has 1 atom stereocenters. The maximum Gasteiger partial charge on any atom is 0.264 e. The summed E-state index contributed by atoms with van der Waals surface area (Å²) in [5.74, 6) is -0.870. The van der Waals surface area contributed by atoms with Gasteiger partial charge < -0.3 is 10.2 Å². The number of nitrogens with one attached hydrogen (secondary N) is 1. The summed E-state index contributed by atoms with van der Waals surface area (Å²) < 4.78 is 29.8. The van der Waals surface area contributed by atoms with Gasteiger partial charge in [0.15, 0.2) is 0 Å². The molecule has 1 aliphatic rings. The first kappa shape index (κ1) is 36.8. The highest BCUT2D eigenvalue weighted by molar-refractivity contribution is 7.98. The molecule has 0 saturated heterocycles. The number of hydrogen-bond acceptors (Lipinski definition) is 5. The number of aryl methyl sites for hydroxylation is 1. The molecule has 11 heteroatoms. The van der Waals surface area contributed by atoms with Crippen LogP contribution in [-0.2, 0) is 32.6 Å². The fraction of sp³-hybridized carbons (Fsp3) is 0.316. The maximum absolute atomic E-state index is 14.8. The molecule has 49 heavy (non-hydrogen) atoms. The van der Waals surface area contributed by atoms with Crippen LogP contribution in [0.5, 0.6) is 0 Å². The van der Waals surface area contributed by atoms with Crippen LogP contribution in [0.2, 0.25) is 10.0 Å². The summed E-state index contributed by atoms with van der Waals surface area (Å²) in [5, 5.41) is 3.90. The van der Waals surface area contributed by atoms with E-state index in [1.807, 2.05) is 43.5 Å². The first-order valence-corrected chi connectivity index (χ1v) is 19.8. The van der Waals surface area contributed by atoms with E-state index in [-0.39, 0.29) is 29.8 Å². The van der Waals surface area contributed by atoms with E-state index in [0.717, 1.165) is 52.4 Å². The molecule has 1 N–H and O–H groups in total. The Kier molecular flexibility index (Phi) is 12.7. The van der Waals surface area contributed by atoms with Crippen molar-refractivity contribution >= 4 is 62.5 Å². The molecule has 1 saturated carbocycles. The number of halogens is 2. The van der Waals surface area contributed by atoms with Crippen LogP contribution in [-0.4, -0.2) is 50.0 Å². The van der Waals surface area contributed by atoms with Crippen LogP contribution in [0.25, 0.3) is 0 Å². The first-order chi connectivity index (χ1) is 23.6. The van der Waals surface area contributed by atoms with Crippen molar-refractivity contribution in [1.82, 2.24) is 10.2 Å². The third-order valence-corrected chi connectivity index (χ3v) is 12.1. The van der Waals surface area contributed by atoms with E-state index in [1.54, 1.807) is 66.7 Å². The number of benzene rings is 4. The van der Waals surface area contributed by atoms with E-state index >= 15 is 0 Å². The molecule has 4 aromatic carbocycles. The van der Waals surface area contributed by atoms with Crippen LogP contribution in [0.15, 0.2) is 107 Å². The Balaban J connectivity index is 1.58. The zero-order valence-corrected chi connectivity index (χ0v) is 30.8. The molecule has 0 spiro atoms. The third kappa shape index (κ3) is 9.39. The Hall–Kier alpha value is -3.50. The summed E-state index contributed by atoms with van der Waals surface area (Å²) in [7, 11) is -4.21. The fourth-order valence-electron chi connectivity index (χ4n) is 6.07. The molecule has 0 radical (unpaired) electrons. The van der Waals surface area contributed by atoms with Gasteiger partial charge in [0.2, 0.25) is 11.8 Å². The Labute approximate surface area is 304 Å². The smallest absolute Gasteiger partial charge is 0.264 e. The summed E-state index contributed by atoms with van der Waals surface area (Å²) in [6, 6.07) is 27.1. The van der Waals surface area contributed by atoms with Crippen molar-refractivity contribution in [3.63, 3.8) is 0 Å². The molecule has 1 unspecified atom stereocenters. The van der Waals surface area contributed by atoms with Gasteiger partial charge in [-0.05, 0) is 80.1 Å². The maximum atomic E-state index is 14.8. The molecule has 258 valence electrons. The molecule has 0 bridgehead atoms. The lowest BCUT2D eigenvalue weighted by Crippen LogP contribution is -2.55. The second kappa shape index (κ2) is 16.9. The number of carbonyl (C=O) groups excluding carboxylic acids is 2. The average Bonchev–Trinajstić information content (AvgIpc) is 3.11. The third-order valence-electron chi connectivity index (χ3n) is 8.86. The summed E-state index contributed by atoms with van der Waals surface area (Å²) in [4.78, 5) is 31.5. The summed E-state index contributed by atoms with van der Waals surface area (Å²) in [5.41, 5.74) is 2.59. The number of sulfonamides is 1. The highest BCUT2D eigenvalue weighted by Gasteiger charge is 2.36. The van der Waals surface area contributed by atoms with E-state index in [9.17, 15) is 18.0 Å². The Bertz CT molecular complexity index is 1810. The first-order valence-electron chi connectivity index (χ1n) is 16.4. The fourth-order valence-corrected chi connectivity index (χ4v) is 8.41. The molecule has 4 aromatic rings. The number of anilines is 1. The Morgan fingerprint density at radius 2 is 1.49 bits per heavy atom. The van der Waals surface area contributed by atoms with Crippen molar-refractivity contribution in [2.75, 3.05) is 17.1 Å². The molecule has 5 rings (SSSR count). The number of thioether (sulfide) groups is 1. The number of nitrogens with zero attached hydrogens (tertiary/aromatic N) is 2. The minimum absolute atomic E-state index is 0.00549. The zero-order chi connectivity index (χ0) is 35.0. The Morgan fingerprint density at radius 1 is 0.857 bits per heavy atom. The van der Waals surface area contributed by atoms with Crippen LogP contribution < -0.4 is 9.62 Å². The summed E-state index contributed by atoms with van der Waals surface area (Å²) in [6.07, 6.45) is 7.02. The number of carbonyl (C=O) groups is 2. The van der Waals surface area contributed by atoms with Crippen LogP contribution in [0.3, 0.4) is 0 Å². The van der Waals surface area contributed by atoms with Gasteiger partial charge in [0.25, 0.3) is 10.0 Å². The number of amides is 2. The van der Waals surface area contributed by atoms with Crippen LogP contribution >= 0.6 is 35.0 Å². The summed E-state index contributed by atoms with van der Waals surface area (Å²) in [6.45, 7) is 1.25. The highest BCUT2D eigenvalue weighted by atomic mass is 35.5. The molecule has 7 nitrogen and oxygen atoms in total. The van der Waals surface area contributed by atoms with Gasteiger partial charge in [0.1, 0.15) is 12.6 Å². The van der Waals surface area contributed by atoms with Crippen molar-refractivity contribution in [3.05, 3.63) is 124 Å². The average molecular weight is 739 g/mol. The normalized spacial score (nSPS) is 14.2. The lowest BCUT2D eigenvalue weighted by molar-refractivity contribution is -0.140. The standard InChI is InChI=1S/C38H41Cl2N3O4S2/c1-27-16-18-30(19-17-27)43(49(46,47)32-22-20-31(48-2)21-23-32)26-37(44)42(25-33-34(39)14-9-15-35(33)40)36(24-28-10-5-3-6-11-28)38(45)41-29-12-7-4-8-13-29/h3,5-6,9-11,14-23,29,36H,4,7-8,12-13,24-26H2,1-2H3,(H,41,45). The van der Waals surface area contributed by atoms with Gasteiger partial charge in [0.05, 0.1) is 10.6 Å². The number of rotatable bonds is 13. The van der Waals surface area contributed by atoms with Crippen molar-refractivity contribution in [2.45, 2.75) is 73.9 Å². The molecule has 1 aliphatic carbocycles. The van der Waals surface area contributed by atoms with Gasteiger partial charge in [-0.2, -0.15) is 0 Å². The van der Waals surface area contributed by atoms with E-state index < -0.39 is 28.5 Å². The molecule has 0 aromatic heterocycles. The molecular formula is C38H41Cl2N3O4S2. The van der Waals surface area contributed by atoms with Gasteiger partial charge in [-0.3, -0.25) is 13.9 Å². The number of hydrogen-bond donors (Lipinski definition) is 1. The predicted molar refractivity (Wildman–Crippen MR) is 200 cm³/mol. The van der Waals surface area contributed by atoms with Gasteiger partial charge >= 0.3 is 0 Å². The van der Waals surface area contributed by atoms with Gasteiger partial charge in [0, 0.05) is 39.5 Å². The van der Waals surface area contributed by atoms with Crippen molar-refractivity contribution in [2.24, 2.45) is 0 Å². The molecular weight excluding hydrogens is 697 g/mol. The van der Waals surface area contributed by atoms with Gasteiger partial charge in [-0.15, -0.1) is 11.8 Å². The SMILES string of the molecule is CSc1ccc(S(=O)(=O)N(CC(=O)N(Cc2c(Cl)cccc2Cl)C(Cc2ccccc2)C(=O)NC2CCCCC2)c2ccc(C)cc2)cc1. The Morgan fingerprint density at radius 3 is 2.10 bits per heavy atom. The van der Waals surface area contributed by atoms with Crippen molar-refractivity contribution in [3.8, 4) is 0 Å². The summed E-state index contributed by atoms with van der Waals surface area (Å²) >= 11 is 14.8. The van der Waals surface area contributed by atoms with Gasteiger partial charge in [-0.1, -0.05) is 96.6 Å². The molecule has 2 amide bonds. The highest BCUT2D eigenvalue weighted by Crippen LogP contribution is 2.30. The topological polar surface area (TPSA) is 86.8 Å². The van der Waals surface area contributed by atoms with E-state index in [0.29, 0.717) is 21.3 Å². The van der Waals surface area contributed by atoms with E-state index in [4.69, 9.17) is 23.2 Å². The lowest BCUT2D eigenvalue weighted by atomic mass is 9.94. The minimum atomic E-state index is -4.21. The van der Waals surface area contributed by atoms with Crippen molar-refractivity contribution < 1.29 is 18.0 Å². The van der Waals surface area contributed by atoms with E-state index in [2.05, 4.69) is 5.32 Å². The van der Waals surface area contributed by atoms with Crippen LogP contribution in [0.4, 0.5) is 5.69 Å². The molecule has 0 heterocycles. The quantitative estimate of drug-likeness (QED) is 0.140. The predicted octanol–water partition coefficient (Wildman–Crippen LogP) is 8.31. The second-order valence-corrected chi connectivity index (χ2v) is 15.9. The van der Waals surface area contributed by atoms with Crippen molar-refractivity contribution in [1.29, 1.82) is 0 Å². The van der Waals surface area contributed by atoms with Crippen LogP contribution in [0, 0.1) is 6.92 Å². The lowest BCUT2D eigenvalue weighted by Gasteiger charge is -2.35. The largest absolute Gasteiger partial charge is 0.352 e.